The average molecular weight is 400 g/mol. The smallest absolute Gasteiger partial charge is 0.258 e. The maximum absolute atomic E-state index is 13.1. The molecule has 5 heteroatoms. The van der Waals surface area contributed by atoms with E-state index in [1.165, 1.54) is 11.1 Å². The van der Waals surface area contributed by atoms with Crippen LogP contribution in [-0.4, -0.2) is 13.0 Å². The zero-order valence-electron chi connectivity index (χ0n) is 13.0. The number of halogens is 1. The van der Waals surface area contributed by atoms with E-state index < -0.39 is 0 Å². The molecule has 0 unspecified atom stereocenters. The van der Waals surface area contributed by atoms with Crippen molar-refractivity contribution in [2.24, 2.45) is 0 Å². The maximum atomic E-state index is 13.1. The highest BCUT2D eigenvalue weighted by molar-refractivity contribution is 9.11. The highest BCUT2D eigenvalue weighted by atomic mass is 79.9. The van der Waals surface area contributed by atoms with Crippen molar-refractivity contribution in [3.05, 3.63) is 69.5 Å². The molecule has 120 valence electrons. The van der Waals surface area contributed by atoms with Crippen LogP contribution in [0.4, 0.5) is 5.69 Å². The van der Waals surface area contributed by atoms with Crippen LogP contribution in [0.2, 0.25) is 0 Å². The van der Waals surface area contributed by atoms with E-state index in [2.05, 4.69) is 28.1 Å². The highest BCUT2D eigenvalue weighted by Crippen LogP contribution is 2.46. The Hall–Kier alpha value is -2.11. The fourth-order valence-electron chi connectivity index (χ4n) is 2.95. The summed E-state index contributed by atoms with van der Waals surface area (Å²) >= 11 is 5.22. The van der Waals surface area contributed by atoms with E-state index in [0.717, 1.165) is 20.1 Å². The minimum atomic E-state index is -0.00120. The Morgan fingerprint density at radius 3 is 2.67 bits per heavy atom. The van der Waals surface area contributed by atoms with Crippen molar-refractivity contribution in [3.63, 3.8) is 0 Å². The van der Waals surface area contributed by atoms with E-state index >= 15 is 0 Å². The third kappa shape index (κ3) is 2.54. The topological polar surface area (TPSA) is 29.5 Å². The van der Waals surface area contributed by atoms with E-state index in [0.29, 0.717) is 12.1 Å². The van der Waals surface area contributed by atoms with E-state index in [-0.39, 0.29) is 5.91 Å². The number of rotatable bonds is 2. The van der Waals surface area contributed by atoms with Gasteiger partial charge in [0.05, 0.1) is 28.0 Å². The molecule has 1 aliphatic heterocycles. The van der Waals surface area contributed by atoms with Gasteiger partial charge in [0, 0.05) is 5.56 Å². The van der Waals surface area contributed by atoms with Crippen molar-refractivity contribution in [1.29, 1.82) is 0 Å². The van der Waals surface area contributed by atoms with Gasteiger partial charge in [-0.2, -0.15) is 0 Å². The molecule has 0 saturated carbocycles. The molecule has 1 aromatic heterocycles. The number of anilines is 1. The van der Waals surface area contributed by atoms with Gasteiger partial charge in [0.1, 0.15) is 5.75 Å². The van der Waals surface area contributed by atoms with Gasteiger partial charge in [0.15, 0.2) is 0 Å². The molecule has 3 aromatic rings. The van der Waals surface area contributed by atoms with Crippen molar-refractivity contribution in [2.45, 2.75) is 6.54 Å². The number of nitrogens with zero attached hydrogens (tertiary/aromatic N) is 1. The number of amides is 1. The summed E-state index contributed by atoms with van der Waals surface area (Å²) in [5.41, 5.74) is 4.00. The Morgan fingerprint density at radius 1 is 1.17 bits per heavy atom. The lowest BCUT2D eigenvalue weighted by Crippen LogP contribution is -2.32. The first-order chi connectivity index (χ1) is 11.7. The summed E-state index contributed by atoms with van der Waals surface area (Å²) in [6.07, 6.45) is 0. The van der Waals surface area contributed by atoms with Crippen LogP contribution in [0.25, 0.3) is 10.4 Å². The van der Waals surface area contributed by atoms with Gasteiger partial charge in [-0.25, -0.2) is 0 Å². The van der Waals surface area contributed by atoms with E-state index in [1.807, 2.05) is 47.4 Å². The van der Waals surface area contributed by atoms with Gasteiger partial charge in [0.25, 0.3) is 5.91 Å². The van der Waals surface area contributed by atoms with Crippen LogP contribution in [-0.2, 0) is 6.54 Å². The lowest BCUT2D eigenvalue weighted by Gasteiger charge is -2.29. The molecule has 0 spiro atoms. The number of benzene rings is 2. The number of hydrogen-bond acceptors (Lipinski definition) is 3. The number of carbonyl (C=O) groups is 1. The Morgan fingerprint density at radius 2 is 1.92 bits per heavy atom. The molecule has 1 aliphatic rings. The van der Waals surface area contributed by atoms with E-state index in [9.17, 15) is 4.79 Å². The van der Waals surface area contributed by atoms with Gasteiger partial charge < -0.3 is 9.64 Å². The Kier molecular flexibility index (Phi) is 3.90. The molecule has 4 rings (SSSR count). The normalized spacial score (nSPS) is 12.5. The van der Waals surface area contributed by atoms with Gasteiger partial charge >= 0.3 is 0 Å². The summed E-state index contributed by atoms with van der Waals surface area (Å²) in [5.74, 6) is 0.744. The van der Waals surface area contributed by atoms with E-state index in [4.69, 9.17) is 4.74 Å². The third-order valence-electron chi connectivity index (χ3n) is 4.15. The third-order valence-corrected chi connectivity index (χ3v) is 5.81. The highest BCUT2D eigenvalue weighted by Gasteiger charge is 2.29. The first-order valence-corrected chi connectivity index (χ1v) is 9.12. The molecule has 0 saturated heterocycles. The van der Waals surface area contributed by atoms with Crippen molar-refractivity contribution in [3.8, 4) is 16.2 Å². The van der Waals surface area contributed by atoms with Gasteiger partial charge in [-0.05, 0) is 57.4 Å². The number of ether oxygens (including phenoxy) is 1. The maximum Gasteiger partial charge on any atom is 0.258 e. The first kappa shape index (κ1) is 15.4. The molecule has 1 amide bonds. The molecule has 2 heterocycles. The SMILES string of the molecule is COc1ccc(C(=O)N2Cc3ccccc3-c3sc(Br)cc32)cc1. The molecular formula is C19H14BrNO2S. The van der Waals surface area contributed by atoms with Crippen LogP contribution in [0.1, 0.15) is 15.9 Å². The quantitative estimate of drug-likeness (QED) is 0.581. The van der Waals surface area contributed by atoms with Crippen LogP contribution in [0.3, 0.4) is 0 Å². The minimum Gasteiger partial charge on any atom is -0.497 e. The lowest BCUT2D eigenvalue weighted by atomic mass is 9.99. The molecule has 0 aliphatic carbocycles. The standard InChI is InChI=1S/C19H14BrNO2S/c1-23-14-8-6-12(7-9-14)19(22)21-11-13-4-2-3-5-15(13)18-16(21)10-17(20)24-18/h2-10H,11H2,1H3. The average Bonchev–Trinajstić information content (AvgIpc) is 3.02. The summed E-state index contributed by atoms with van der Waals surface area (Å²) in [5, 5.41) is 0. The fourth-order valence-corrected chi connectivity index (χ4v) is 4.60. The number of carbonyl (C=O) groups excluding carboxylic acids is 1. The number of methoxy groups -OCH3 is 1. The molecule has 0 bridgehead atoms. The molecule has 0 fully saturated rings. The Bertz CT molecular complexity index is 917. The van der Waals surface area contributed by atoms with Gasteiger partial charge in [0.2, 0.25) is 0 Å². The van der Waals surface area contributed by atoms with Crippen LogP contribution < -0.4 is 9.64 Å². The van der Waals surface area contributed by atoms with Crippen LogP contribution in [0.5, 0.6) is 5.75 Å². The monoisotopic (exact) mass is 399 g/mol. The second-order valence-corrected chi connectivity index (χ2v) is 7.97. The molecule has 24 heavy (non-hydrogen) atoms. The van der Waals surface area contributed by atoms with Gasteiger partial charge in [-0.3, -0.25) is 4.79 Å². The summed E-state index contributed by atoms with van der Waals surface area (Å²) < 4.78 is 6.20. The van der Waals surface area contributed by atoms with Crippen molar-refractivity contribution < 1.29 is 9.53 Å². The van der Waals surface area contributed by atoms with Gasteiger partial charge in [-0.15, -0.1) is 11.3 Å². The molecular weight excluding hydrogens is 386 g/mol. The predicted octanol–water partition coefficient (Wildman–Crippen LogP) is 5.35. The molecule has 2 aromatic carbocycles. The first-order valence-electron chi connectivity index (χ1n) is 7.51. The number of hydrogen-bond donors (Lipinski definition) is 0. The number of fused-ring (bicyclic) bond motifs is 3. The largest absolute Gasteiger partial charge is 0.497 e. The van der Waals surface area contributed by atoms with Crippen molar-refractivity contribution in [1.82, 2.24) is 0 Å². The minimum absolute atomic E-state index is 0.00120. The predicted molar refractivity (Wildman–Crippen MR) is 101 cm³/mol. The van der Waals surface area contributed by atoms with Crippen LogP contribution >= 0.6 is 27.3 Å². The van der Waals surface area contributed by atoms with Crippen LogP contribution in [0.15, 0.2) is 58.4 Å². The lowest BCUT2D eigenvalue weighted by molar-refractivity contribution is 0.0985. The number of thiophene rings is 1. The van der Waals surface area contributed by atoms with E-state index in [1.54, 1.807) is 18.4 Å². The summed E-state index contributed by atoms with van der Waals surface area (Å²) in [7, 11) is 1.62. The molecule has 0 radical (unpaired) electrons. The molecule has 0 atom stereocenters. The van der Waals surface area contributed by atoms with Gasteiger partial charge in [-0.1, -0.05) is 24.3 Å². The second kappa shape index (κ2) is 6.07. The van der Waals surface area contributed by atoms with Crippen LogP contribution in [0, 0.1) is 0 Å². The zero-order chi connectivity index (χ0) is 16.7. The van der Waals surface area contributed by atoms with Crippen molar-refractivity contribution in [2.75, 3.05) is 12.0 Å². The summed E-state index contributed by atoms with van der Waals surface area (Å²) in [4.78, 5) is 16.0. The molecule has 3 nitrogen and oxygen atoms in total. The Balaban J connectivity index is 1.77. The van der Waals surface area contributed by atoms with Crippen molar-refractivity contribution >= 4 is 38.9 Å². The summed E-state index contributed by atoms with van der Waals surface area (Å²) in [6.45, 7) is 0.581. The fraction of sp³-hybridized carbons (Fsp3) is 0.105. The zero-order valence-corrected chi connectivity index (χ0v) is 15.4. The second-order valence-electron chi connectivity index (χ2n) is 5.54. The molecule has 0 N–H and O–H groups in total. The summed E-state index contributed by atoms with van der Waals surface area (Å²) in [6, 6.07) is 17.5. The Labute approximate surface area is 152 Å².